The van der Waals surface area contributed by atoms with E-state index in [9.17, 15) is 0 Å². The Labute approximate surface area is 76.4 Å². The molecule has 0 saturated carbocycles. The molecule has 1 nitrogen and oxygen atoms in total. The van der Waals surface area contributed by atoms with Gasteiger partial charge in [-0.05, 0) is 18.2 Å². The van der Waals surface area contributed by atoms with Gasteiger partial charge in [0.15, 0.2) is 0 Å². The largest absolute Gasteiger partial charge is 0.256 e. The van der Waals surface area contributed by atoms with Crippen LogP contribution in [0.3, 0.4) is 0 Å². The molecular weight excluding hydrogens is 174 g/mol. The quantitative estimate of drug-likeness (QED) is 0.419. The monoisotopic (exact) mass is 181 g/mol. The van der Waals surface area contributed by atoms with Crippen molar-refractivity contribution in [3.8, 4) is 0 Å². The van der Waals surface area contributed by atoms with Gasteiger partial charge in [-0.15, -0.1) is 0 Å². The highest BCUT2D eigenvalue weighted by Gasteiger charge is 2.20. The summed E-state index contributed by atoms with van der Waals surface area (Å²) in [6.45, 7) is 0. The Hall–Kier alpha value is -0.410. The van der Waals surface area contributed by atoms with Crippen molar-refractivity contribution < 1.29 is 0 Å². The first-order chi connectivity index (χ1) is 5.17. The van der Waals surface area contributed by atoms with Crippen LogP contribution in [0.5, 0.6) is 0 Å². The fourth-order valence-electron chi connectivity index (χ4n) is 1.10. The Kier molecular flexibility index (Phi) is 1.51. The third-order valence-corrected chi connectivity index (χ3v) is 2.17. The van der Waals surface area contributed by atoms with Crippen molar-refractivity contribution >= 4 is 31.0 Å². The van der Waals surface area contributed by atoms with Crippen LogP contribution >= 0.6 is 25.3 Å². The number of hydrogen-bond acceptors (Lipinski definition) is 3. The molecule has 56 valence electrons. The topological polar surface area (TPSA) is 12.4 Å². The molecule has 11 heavy (non-hydrogen) atoms. The highest BCUT2D eigenvalue weighted by atomic mass is 32.2. The lowest BCUT2D eigenvalue weighted by Crippen LogP contribution is -2.13. The van der Waals surface area contributed by atoms with E-state index in [1.165, 1.54) is 0 Å². The van der Waals surface area contributed by atoms with Crippen molar-refractivity contribution in [2.45, 2.75) is 4.08 Å². The number of aliphatic imine (C=N–C) groups is 1. The molecule has 0 N–H and O–H groups in total. The molecule has 1 aliphatic carbocycles. The Morgan fingerprint density at radius 3 is 2.91 bits per heavy atom. The molecule has 0 aromatic heterocycles. The predicted molar refractivity (Wildman–Crippen MR) is 54.5 cm³/mol. The molecule has 0 radical (unpaired) electrons. The first kappa shape index (κ1) is 7.25. The van der Waals surface area contributed by atoms with Gasteiger partial charge in [-0.25, -0.2) is 0 Å². The smallest absolute Gasteiger partial charge is 0.0930 e. The van der Waals surface area contributed by atoms with E-state index in [2.05, 4.69) is 30.2 Å². The van der Waals surface area contributed by atoms with E-state index in [1.54, 1.807) is 6.20 Å². The lowest BCUT2D eigenvalue weighted by atomic mass is 10.0. The van der Waals surface area contributed by atoms with Gasteiger partial charge in [0.1, 0.15) is 0 Å². The summed E-state index contributed by atoms with van der Waals surface area (Å²) in [5, 5.41) is 0. The molecule has 0 aromatic carbocycles. The summed E-state index contributed by atoms with van der Waals surface area (Å²) in [5.41, 5.74) is 2.11. The minimum Gasteiger partial charge on any atom is -0.256 e. The van der Waals surface area contributed by atoms with Gasteiger partial charge in [0, 0.05) is 11.8 Å². The lowest BCUT2D eigenvalue weighted by Gasteiger charge is -2.17. The van der Waals surface area contributed by atoms with Crippen molar-refractivity contribution in [3.63, 3.8) is 0 Å². The maximum Gasteiger partial charge on any atom is 0.0930 e. The van der Waals surface area contributed by atoms with Crippen LogP contribution in [0.2, 0.25) is 0 Å². The van der Waals surface area contributed by atoms with Gasteiger partial charge < -0.3 is 0 Å². The molecule has 1 heterocycles. The number of allylic oxidation sites excluding steroid dienone is 3. The standard InChI is InChI=1S/C8H7NS2/c10-8(11)3-1-7-6(5-8)2-4-9-7/h1-5,10-11H. The summed E-state index contributed by atoms with van der Waals surface area (Å²) in [6, 6.07) is 0. The molecular formula is C8H7NS2. The number of rotatable bonds is 0. The molecule has 0 amide bonds. The van der Waals surface area contributed by atoms with Gasteiger partial charge in [0.05, 0.1) is 9.79 Å². The molecule has 0 fully saturated rings. The van der Waals surface area contributed by atoms with E-state index in [0.29, 0.717) is 0 Å². The second-order valence-electron chi connectivity index (χ2n) is 2.55. The maximum atomic E-state index is 4.31. The summed E-state index contributed by atoms with van der Waals surface area (Å²) < 4.78 is -0.414. The van der Waals surface area contributed by atoms with E-state index in [1.807, 2.05) is 24.3 Å². The van der Waals surface area contributed by atoms with Crippen molar-refractivity contribution in [2.24, 2.45) is 4.99 Å². The average Bonchev–Trinajstić information content (AvgIpc) is 2.31. The number of nitrogens with zero attached hydrogens (tertiary/aromatic N) is 1. The summed E-state index contributed by atoms with van der Waals surface area (Å²) in [4.78, 5) is 4.14. The predicted octanol–water partition coefficient (Wildman–Crippen LogP) is 2.01. The second kappa shape index (κ2) is 2.29. The van der Waals surface area contributed by atoms with Crippen LogP contribution in [0.15, 0.2) is 41.1 Å². The normalized spacial score (nSPS) is 24.5. The van der Waals surface area contributed by atoms with Crippen LogP contribution in [0, 0.1) is 0 Å². The van der Waals surface area contributed by atoms with Crippen LogP contribution in [0.4, 0.5) is 0 Å². The zero-order valence-electron chi connectivity index (χ0n) is 5.73. The molecule has 0 bridgehead atoms. The first-order valence-corrected chi connectivity index (χ1v) is 4.18. The molecule has 2 rings (SSSR count). The van der Waals surface area contributed by atoms with Gasteiger partial charge in [-0.3, -0.25) is 4.99 Å². The molecule has 0 aromatic rings. The lowest BCUT2D eigenvalue weighted by molar-refractivity contribution is 1.32. The number of fused-ring (bicyclic) bond motifs is 1. The van der Waals surface area contributed by atoms with Gasteiger partial charge in [-0.2, -0.15) is 25.3 Å². The van der Waals surface area contributed by atoms with Gasteiger partial charge in [-0.1, -0.05) is 6.08 Å². The summed E-state index contributed by atoms with van der Waals surface area (Å²) in [7, 11) is 0. The molecule has 0 unspecified atom stereocenters. The Morgan fingerprint density at radius 1 is 1.27 bits per heavy atom. The maximum absolute atomic E-state index is 4.31. The summed E-state index contributed by atoms with van der Waals surface area (Å²) in [5.74, 6) is 0. The molecule has 0 spiro atoms. The minimum absolute atomic E-state index is 0.414. The molecule has 1 aliphatic heterocycles. The third kappa shape index (κ3) is 1.30. The summed E-state index contributed by atoms with van der Waals surface area (Å²) in [6.07, 6.45) is 9.57. The third-order valence-electron chi connectivity index (χ3n) is 1.62. The van der Waals surface area contributed by atoms with Crippen LogP contribution in [0.25, 0.3) is 0 Å². The van der Waals surface area contributed by atoms with Crippen molar-refractivity contribution in [3.05, 3.63) is 36.1 Å². The highest BCUT2D eigenvalue weighted by molar-refractivity contribution is 8.01. The second-order valence-corrected chi connectivity index (χ2v) is 4.38. The van der Waals surface area contributed by atoms with Crippen LogP contribution in [-0.2, 0) is 0 Å². The van der Waals surface area contributed by atoms with Crippen molar-refractivity contribution in [2.75, 3.05) is 0 Å². The summed E-state index contributed by atoms with van der Waals surface area (Å²) >= 11 is 8.62. The minimum atomic E-state index is -0.414. The van der Waals surface area contributed by atoms with Crippen molar-refractivity contribution in [1.29, 1.82) is 0 Å². The average molecular weight is 181 g/mol. The fraction of sp³-hybridized carbons (Fsp3) is 0.125. The zero-order valence-corrected chi connectivity index (χ0v) is 7.52. The van der Waals surface area contributed by atoms with E-state index in [4.69, 9.17) is 0 Å². The fourth-order valence-corrected chi connectivity index (χ4v) is 1.52. The Balaban J connectivity index is 2.45. The highest BCUT2D eigenvalue weighted by Crippen LogP contribution is 2.30. The Morgan fingerprint density at radius 2 is 2.09 bits per heavy atom. The van der Waals surface area contributed by atoms with E-state index < -0.39 is 4.08 Å². The van der Waals surface area contributed by atoms with Crippen molar-refractivity contribution in [1.82, 2.24) is 0 Å². The molecule has 0 saturated heterocycles. The zero-order chi connectivity index (χ0) is 7.90. The van der Waals surface area contributed by atoms with E-state index >= 15 is 0 Å². The first-order valence-electron chi connectivity index (χ1n) is 3.29. The molecule has 3 heteroatoms. The van der Waals surface area contributed by atoms with Crippen LogP contribution in [-0.4, -0.2) is 9.79 Å². The molecule has 2 aliphatic rings. The van der Waals surface area contributed by atoms with Crippen LogP contribution in [0.1, 0.15) is 0 Å². The van der Waals surface area contributed by atoms with Gasteiger partial charge in [0.2, 0.25) is 0 Å². The molecule has 0 atom stereocenters. The van der Waals surface area contributed by atoms with Gasteiger partial charge >= 0.3 is 0 Å². The van der Waals surface area contributed by atoms with Gasteiger partial charge in [0.25, 0.3) is 0 Å². The van der Waals surface area contributed by atoms with Crippen LogP contribution < -0.4 is 0 Å². The Bertz CT molecular complexity index is 308. The number of thiol groups is 2. The van der Waals surface area contributed by atoms with E-state index in [0.717, 1.165) is 11.3 Å². The number of hydrogen-bond donors (Lipinski definition) is 2. The van der Waals surface area contributed by atoms with E-state index in [-0.39, 0.29) is 0 Å². The SMILES string of the molecule is SC1(S)C=CC2=NC=CC2=C1.